The summed E-state index contributed by atoms with van der Waals surface area (Å²) in [6.45, 7) is 5.40. The fourth-order valence-corrected chi connectivity index (χ4v) is 2.23. The Morgan fingerprint density at radius 1 is 1.25 bits per heavy atom. The first-order chi connectivity index (χ1) is 9.55. The highest BCUT2D eigenvalue weighted by atomic mass is 16.3. The van der Waals surface area contributed by atoms with E-state index < -0.39 is 0 Å². The van der Waals surface area contributed by atoms with Crippen LogP contribution in [-0.4, -0.2) is 17.6 Å². The number of benzene rings is 1. The fraction of sp³-hybridized carbons (Fsp3) is 0.562. The topological polar surface area (TPSA) is 75.4 Å². The van der Waals surface area contributed by atoms with Gasteiger partial charge in [0.05, 0.1) is 6.61 Å². The summed E-state index contributed by atoms with van der Waals surface area (Å²) in [6.07, 6.45) is 1.47. The van der Waals surface area contributed by atoms with E-state index in [1.165, 1.54) is 0 Å². The van der Waals surface area contributed by atoms with Gasteiger partial charge in [0.1, 0.15) is 0 Å². The Labute approximate surface area is 121 Å². The van der Waals surface area contributed by atoms with E-state index in [0.717, 1.165) is 17.5 Å². The molecule has 20 heavy (non-hydrogen) atoms. The minimum Gasteiger partial charge on any atom is -0.392 e. The molecule has 0 aliphatic rings. The first-order valence-electron chi connectivity index (χ1n) is 7.20. The molecule has 0 aliphatic carbocycles. The van der Waals surface area contributed by atoms with Gasteiger partial charge in [-0.2, -0.15) is 0 Å². The van der Waals surface area contributed by atoms with Gasteiger partial charge < -0.3 is 16.2 Å². The van der Waals surface area contributed by atoms with Gasteiger partial charge in [-0.3, -0.25) is 4.79 Å². The molecule has 0 saturated heterocycles. The Hall–Kier alpha value is -1.39. The van der Waals surface area contributed by atoms with Crippen LogP contribution in [0.3, 0.4) is 0 Å². The average Bonchev–Trinajstić information content (AvgIpc) is 2.44. The second kappa shape index (κ2) is 8.72. The predicted molar refractivity (Wildman–Crippen MR) is 80.8 cm³/mol. The number of carbonyl (C=O) groups excluding carboxylic acids is 1. The lowest BCUT2D eigenvalue weighted by Crippen LogP contribution is -2.28. The second-order valence-corrected chi connectivity index (χ2v) is 5.69. The standard InChI is InChI=1S/C16H26N2O2/c1-12(2)7-15(9-17)8-16(20)18-10-13-3-5-14(11-19)6-4-13/h3-6,12,15,19H,7-11,17H2,1-2H3,(H,18,20). The Balaban J connectivity index is 2.37. The van der Waals surface area contributed by atoms with E-state index in [-0.39, 0.29) is 18.4 Å². The molecule has 1 aromatic carbocycles. The Kier molecular flexibility index (Phi) is 7.26. The van der Waals surface area contributed by atoms with Gasteiger partial charge in [-0.15, -0.1) is 0 Å². The van der Waals surface area contributed by atoms with E-state index in [2.05, 4.69) is 19.2 Å². The molecule has 4 N–H and O–H groups in total. The van der Waals surface area contributed by atoms with E-state index in [4.69, 9.17) is 10.8 Å². The second-order valence-electron chi connectivity index (χ2n) is 5.69. The van der Waals surface area contributed by atoms with Crippen LogP contribution in [0, 0.1) is 11.8 Å². The highest BCUT2D eigenvalue weighted by Crippen LogP contribution is 2.14. The number of rotatable bonds is 8. The van der Waals surface area contributed by atoms with Crippen molar-refractivity contribution in [1.29, 1.82) is 0 Å². The van der Waals surface area contributed by atoms with Crippen molar-refractivity contribution in [3.05, 3.63) is 35.4 Å². The number of carbonyl (C=O) groups is 1. The largest absolute Gasteiger partial charge is 0.392 e. The first-order valence-corrected chi connectivity index (χ1v) is 7.20. The molecule has 4 nitrogen and oxygen atoms in total. The van der Waals surface area contributed by atoms with E-state index in [1.807, 2.05) is 24.3 Å². The zero-order chi connectivity index (χ0) is 15.0. The summed E-state index contributed by atoms with van der Waals surface area (Å²) in [4.78, 5) is 11.9. The van der Waals surface area contributed by atoms with Gasteiger partial charge >= 0.3 is 0 Å². The maximum Gasteiger partial charge on any atom is 0.220 e. The molecule has 1 atom stereocenters. The molecule has 1 amide bonds. The van der Waals surface area contributed by atoms with Crippen LogP contribution in [0.15, 0.2) is 24.3 Å². The third kappa shape index (κ3) is 6.17. The van der Waals surface area contributed by atoms with Gasteiger partial charge in [0.25, 0.3) is 0 Å². The predicted octanol–water partition coefficient (Wildman–Crippen LogP) is 1.81. The van der Waals surface area contributed by atoms with Gasteiger partial charge in [0.15, 0.2) is 0 Å². The van der Waals surface area contributed by atoms with E-state index in [1.54, 1.807) is 0 Å². The molecule has 0 bridgehead atoms. The van der Waals surface area contributed by atoms with Crippen molar-refractivity contribution in [1.82, 2.24) is 5.32 Å². The molecule has 0 radical (unpaired) electrons. The molecule has 0 heterocycles. The third-order valence-corrected chi connectivity index (χ3v) is 3.31. The maximum atomic E-state index is 11.9. The number of nitrogens with two attached hydrogens (primary N) is 1. The number of nitrogens with one attached hydrogen (secondary N) is 1. The van der Waals surface area contributed by atoms with Crippen molar-refractivity contribution in [3.63, 3.8) is 0 Å². The SMILES string of the molecule is CC(C)CC(CN)CC(=O)NCc1ccc(CO)cc1. The van der Waals surface area contributed by atoms with Crippen molar-refractivity contribution in [3.8, 4) is 0 Å². The number of amides is 1. The third-order valence-electron chi connectivity index (χ3n) is 3.31. The van der Waals surface area contributed by atoms with E-state index >= 15 is 0 Å². The average molecular weight is 278 g/mol. The molecule has 1 unspecified atom stereocenters. The molecule has 0 aliphatic heterocycles. The van der Waals surface area contributed by atoms with Crippen LogP contribution in [-0.2, 0) is 17.9 Å². The fourth-order valence-electron chi connectivity index (χ4n) is 2.23. The van der Waals surface area contributed by atoms with Crippen LogP contribution in [0.1, 0.15) is 37.8 Å². The maximum absolute atomic E-state index is 11.9. The van der Waals surface area contributed by atoms with Crippen molar-refractivity contribution >= 4 is 5.91 Å². The van der Waals surface area contributed by atoms with Gasteiger partial charge in [-0.05, 0) is 35.9 Å². The quantitative estimate of drug-likeness (QED) is 0.679. The Morgan fingerprint density at radius 3 is 2.35 bits per heavy atom. The number of aliphatic hydroxyl groups is 1. The monoisotopic (exact) mass is 278 g/mol. The summed E-state index contributed by atoms with van der Waals surface area (Å²) in [5.41, 5.74) is 7.61. The molecule has 1 aromatic rings. The summed E-state index contributed by atoms with van der Waals surface area (Å²) in [6, 6.07) is 7.56. The summed E-state index contributed by atoms with van der Waals surface area (Å²) in [7, 11) is 0. The summed E-state index contributed by atoms with van der Waals surface area (Å²) < 4.78 is 0. The normalized spacial score (nSPS) is 12.4. The Morgan fingerprint density at radius 2 is 1.85 bits per heavy atom. The molecular weight excluding hydrogens is 252 g/mol. The van der Waals surface area contributed by atoms with Crippen LogP contribution in [0.4, 0.5) is 0 Å². The van der Waals surface area contributed by atoms with Gasteiger partial charge in [-0.1, -0.05) is 38.1 Å². The summed E-state index contributed by atoms with van der Waals surface area (Å²) >= 11 is 0. The highest BCUT2D eigenvalue weighted by molar-refractivity contribution is 5.76. The Bertz CT molecular complexity index is 401. The van der Waals surface area contributed by atoms with Gasteiger partial charge in [-0.25, -0.2) is 0 Å². The molecule has 0 saturated carbocycles. The lowest BCUT2D eigenvalue weighted by atomic mass is 9.94. The molecule has 112 valence electrons. The number of hydrogen-bond donors (Lipinski definition) is 3. The highest BCUT2D eigenvalue weighted by Gasteiger charge is 2.13. The minimum atomic E-state index is 0.0417. The van der Waals surface area contributed by atoms with Crippen LogP contribution < -0.4 is 11.1 Å². The van der Waals surface area contributed by atoms with E-state index in [9.17, 15) is 4.79 Å². The van der Waals surface area contributed by atoms with Crippen LogP contribution in [0.2, 0.25) is 0 Å². The lowest BCUT2D eigenvalue weighted by molar-refractivity contribution is -0.122. The van der Waals surface area contributed by atoms with Crippen LogP contribution in [0.5, 0.6) is 0 Å². The molecule has 0 aromatic heterocycles. The minimum absolute atomic E-state index is 0.0417. The van der Waals surface area contributed by atoms with E-state index in [0.29, 0.717) is 25.4 Å². The molecular formula is C16H26N2O2. The summed E-state index contributed by atoms with van der Waals surface area (Å²) in [5, 5.41) is 11.9. The number of aliphatic hydroxyl groups excluding tert-OH is 1. The van der Waals surface area contributed by atoms with Crippen LogP contribution in [0.25, 0.3) is 0 Å². The first kappa shape index (κ1) is 16.7. The molecule has 0 spiro atoms. The van der Waals surface area contributed by atoms with Crippen molar-refractivity contribution in [2.45, 2.75) is 39.8 Å². The zero-order valence-electron chi connectivity index (χ0n) is 12.4. The zero-order valence-corrected chi connectivity index (χ0v) is 12.4. The van der Waals surface area contributed by atoms with Gasteiger partial charge in [0.2, 0.25) is 5.91 Å². The summed E-state index contributed by atoms with van der Waals surface area (Å²) in [5.74, 6) is 0.862. The molecule has 0 fully saturated rings. The van der Waals surface area contributed by atoms with Crippen molar-refractivity contribution < 1.29 is 9.90 Å². The van der Waals surface area contributed by atoms with Gasteiger partial charge in [0, 0.05) is 13.0 Å². The molecule has 1 rings (SSSR count). The lowest BCUT2D eigenvalue weighted by Gasteiger charge is -2.16. The van der Waals surface area contributed by atoms with Crippen molar-refractivity contribution in [2.75, 3.05) is 6.54 Å². The van der Waals surface area contributed by atoms with Crippen LogP contribution >= 0.6 is 0 Å². The molecule has 4 heteroatoms. The smallest absolute Gasteiger partial charge is 0.220 e. The number of hydrogen-bond acceptors (Lipinski definition) is 3. The van der Waals surface area contributed by atoms with Crippen molar-refractivity contribution in [2.24, 2.45) is 17.6 Å².